The predicted molar refractivity (Wildman–Crippen MR) is 58.3 cm³/mol. The Labute approximate surface area is 104 Å². The van der Waals surface area contributed by atoms with Crippen molar-refractivity contribution in [2.24, 2.45) is 10.6 Å². The second-order valence-electron chi connectivity index (χ2n) is 3.79. The fourth-order valence-electron chi connectivity index (χ4n) is 1.36. The molecule has 0 aromatic rings. The van der Waals surface area contributed by atoms with Gasteiger partial charge in [0.25, 0.3) is 0 Å². The zero-order chi connectivity index (χ0) is 14.2. The van der Waals surface area contributed by atoms with Crippen LogP contribution in [0.1, 0.15) is 32.6 Å². The van der Waals surface area contributed by atoms with Crippen molar-refractivity contribution < 1.29 is 18.0 Å². The normalized spacial score (nSPS) is 12.7. The molecule has 0 aromatic heterocycles. The third-order valence-electron chi connectivity index (χ3n) is 2.40. The summed E-state index contributed by atoms with van der Waals surface area (Å²) in [6.07, 6.45) is -5.85. The van der Waals surface area contributed by atoms with E-state index in [1.54, 1.807) is 19.1 Å². The van der Waals surface area contributed by atoms with Crippen molar-refractivity contribution in [1.29, 1.82) is 10.5 Å². The number of halogens is 3. The average molecular weight is 261 g/mol. The molecule has 0 amide bonds. The number of oxime groups is 1. The highest BCUT2D eigenvalue weighted by Crippen LogP contribution is 2.33. The number of rotatable bonds is 6. The van der Waals surface area contributed by atoms with Gasteiger partial charge in [-0.1, -0.05) is 12.1 Å². The van der Waals surface area contributed by atoms with Crippen molar-refractivity contribution in [3.05, 3.63) is 0 Å². The van der Waals surface area contributed by atoms with Gasteiger partial charge in [-0.15, -0.1) is 0 Å². The lowest BCUT2D eigenvalue weighted by Gasteiger charge is -2.19. The SMILES string of the molecule is CCC(CC(C#N)(C#N)CCC(F)(F)F)=NOC. The summed E-state index contributed by atoms with van der Waals surface area (Å²) in [4.78, 5) is 4.52. The number of nitriles is 2. The Balaban J connectivity index is 4.90. The van der Waals surface area contributed by atoms with Crippen LogP contribution in [0.3, 0.4) is 0 Å². The summed E-state index contributed by atoms with van der Waals surface area (Å²) in [5.74, 6) is 0. The molecule has 0 heterocycles. The fourth-order valence-corrected chi connectivity index (χ4v) is 1.36. The van der Waals surface area contributed by atoms with E-state index in [4.69, 9.17) is 10.5 Å². The van der Waals surface area contributed by atoms with Gasteiger partial charge in [0.1, 0.15) is 12.5 Å². The molecule has 0 spiro atoms. The van der Waals surface area contributed by atoms with Gasteiger partial charge < -0.3 is 4.84 Å². The monoisotopic (exact) mass is 261 g/mol. The van der Waals surface area contributed by atoms with Crippen LogP contribution in [0.2, 0.25) is 0 Å². The predicted octanol–water partition coefficient (Wildman–Crippen LogP) is 3.16. The van der Waals surface area contributed by atoms with Gasteiger partial charge in [0, 0.05) is 12.8 Å². The lowest BCUT2D eigenvalue weighted by atomic mass is 9.81. The molecule has 100 valence electrons. The van der Waals surface area contributed by atoms with Crippen LogP contribution in [0.4, 0.5) is 13.2 Å². The Kier molecular flexibility index (Phi) is 6.18. The topological polar surface area (TPSA) is 69.2 Å². The summed E-state index contributed by atoms with van der Waals surface area (Å²) < 4.78 is 36.5. The van der Waals surface area contributed by atoms with Crippen LogP contribution in [0.25, 0.3) is 0 Å². The molecule has 0 atom stereocenters. The molecule has 18 heavy (non-hydrogen) atoms. The summed E-state index contributed by atoms with van der Waals surface area (Å²) in [7, 11) is 1.30. The van der Waals surface area contributed by atoms with Gasteiger partial charge in [-0.25, -0.2) is 0 Å². The smallest absolute Gasteiger partial charge is 0.389 e. The Morgan fingerprint density at radius 2 is 1.78 bits per heavy atom. The minimum absolute atomic E-state index is 0.138. The molecule has 7 heteroatoms. The van der Waals surface area contributed by atoms with E-state index in [0.29, 0.717) is 12.1 Å². The van der Waals surface area contributed by atoms with E-state index >= 15 is 0 Å². The van der Waals surface area contributed by atoms with Gasteiger partial charge in [-0.05, 0) is 12.8 Å². The molecule has 0 aromatic carbocycles. The van der Waals surface area contributed by atoms with Crippen LogP contribution < -0.4 is 0 Å². The molecular weight excluding hydrogens is 247 g/mol. The molecule has 0 aliphatic rings. The molecule has 0 aliphatic carbocycles. The van der Waals surface area contributed by atoms with Gasteiger partial charge in [-0.2, -0.15) is 23.7 Å². The number of nitrogens with zero attached hydrogens (tertiary/aromatic N) is 3. The maximum Gasteiger partial charge on any atom is 0.389 e. The molecule has 0 rings (SSSR count). The Hall–Kier alpha value is -1.76. The van der Waals surface area contributed by atoms with Crippen LogP contribution >= 0.6 is 0 Å². The molecule has 0 radical (unpaired) electrons. The maximum absolute atomic E-state index is 12.2. The van der Waals surface area contributed by atoms with Crippen LogP contribution in [0.15, 0.2) is 5.16 Å². The summed E-state index contributed by atoms with van der Waals surface area (Å²) in [5, 5.41) is 21.5. The lowest BCUT2D eigenvalue weighted by Crippen LogP contribution is -2.24. The van der Waals surface area contributed by atoms with Crippen molar-refractivity contribution in [3.63, 3.8) is 0 Å². The molecule has 0 aliphatic heterocycles. The summed E-state index contributed by atoms with van der Waals surface area (Å²) in [6.45, 7) is 1.72. The minimum atomic E-state index is -4.39. The largest absolute Gasteiger partial charge is 0.399 e. The number of alkyl halides is 3. The van der Waals surface area contributed by atoms with Crippen LogP contribution in [-0.4, -0.2) is 19.0 Å². The van der Waals surface area contributed by atoms with Crippen molar-refractivity contribution in [2.45, 2.75) is 38.8 Å². The first-order valence-electron chi connectivity index (χ1n) is 5.30. The van der Waals surface area contributed by atoms with Gasteiger partial charge in [0.2, 0.25) is 0 Å². The number of hydrogen-bond donors (Lipinski definition) is 0. The standard InChI is InChI=1S/C11H14F3N3O/c1-3-9(17-18-2)6-10(7-15,8-16)4-5-11(12,13)14/h3-6H2,1-2H3. The lowest BCUT2D eigenvalue weighted by molar-refractivity contribution is -0.138. The first kappa shape index (κ1) is 16.2. The van der Waals surface area contributed by atoms with E-state index in [1.165, 1.54) is 7.11 Å². The summed E-state index contributed by atoms with van der Waals surface area (Å²) >= 11 is 0. The first-order valence-corrected chi connectivity index (χ1v) is 5.30. The van der Waals surface area contributed by atoms with Gasteiger partial charge >= 0.3 is 6.18 Å². The van der Waals surface area contributed by atoms with Crippen molar-refractivity contribution in [1.82, 2.24) is 0 Å². The number of hydrogen-bond acceptors (Lipinski definition) is 4. The van der Waals surface area contributed by atoms with E-state index in [-0.39, 0.29) is 6.42 Å². The molecule has 4 nitrogen and oxygen atoms in total. The van der Waals surface area contributed by atoms with E-state index in [1.807, 2.05) is 0 Å². The van der Waals surface area contributed by atoms with E-state index < -0.39 is 24.4 Å². The minimum Gasteiger partial charge on any atom is -0.399 e. The Morgan fingerprint density at radius 3 is 2.11 bits per heavy atom. The quantitative estimate of drug-likeness (QED) is 0.544. The maximum atomic E-state index is 12.2. The van der Waals surface area contributed by atoms with Crippen LogP contribution in [0, 0.1) is 28.1 Å². The Bertz CT molecular complexity index is 362. The fraction of sp³-hybridized carbons (Fsp3) is 0.727. The van der Waals surface area contributed by atoms with Gasteiger partial charge in [0.15, 0.2) is 0 Å². The molecule has 0 saturated carbocycles. The Morgan fingerprint density at radius 1 is 1.22 bits per heavy atom. The molecule has 0 N–H and O–H groups in total. The van der Waals surface area contributed by atoms with Crippen LogP contribution in [0.5, 0.6) is 0 Å². The molecule has 0 fully saturated rings. The highest BCUT2D eigenvalue weighted by atomic mass is 19.4. The second kappa shape index (κ2) is 6.85. The molecule has 0 saturated heterocycles. The van der Waals surface area contributed by atoms with Crippen molar-refractivity contribution in [3.8, 4) is 12.1 Å². The first-order chi connectivity index (χ1) is 8.32. The third kappa shape index (κ3) is 5.53. The zero-order valence-corrected chi connectivity index (χ0v) is 10.2. The highest BCUT2D eigenvalue weighted by molar-refractivity contribution is 5.85. The van der Waals surface area contributed by atoms with E-state index in [0.717, 1.165) is 0 Å². The van der Waals surface area contributed by atoms with E-state index in [2.05, 4.69) is 9.99 Å². The molecular formula is C11H14F3N3O. The second-order valence-corrected chi connectivity index (χ2v) is 3.79. The molecule has 0 bridgehead atoms. The van der Waals surface area contributed by atoms with Gasteiger partial charge in [0.05, 0.1) is 17.9 Å². The third-order valence-corrected chi connectivity index (χ3v) is 2.40. The highest BCUT2D eigenvalue weighted by Gasteiger charge is 2.37. The zero-order valence-electron chi connectivity index (χ0n) is 10.2. The summed E-state index contributed by atoms with van der Waals surface area (Å²) in [6, 6.07) is 3.33. The van der Waals surface area contributed by atoms with E-state index in [9.17, 15) is 13.2 Å². The van der Waals surface area contributed by atoms with Gasteiger partial charge in [-0.3, -0.25) is 0 Å². The van der Waals surface area contributed by atoms with Crippen molar-refractivity contribution in [2.75, 3.05) is 7.11 Å². The average Bonchev–Trinajstić information content (AvgIpc) is 2.32. The van der Waals surface area contributed by atoms with Crippen molar-refractivity contribution >= 4 is 5.71 Å². The summed E-state index contributed by atoms with van der Waals surface area (Å²) in [5.41, 5.74) is -1.31. The van der Waals surface area contributed by atoms with Crippen LogP contribution in [-0.2, 0) is 4.84 Å². The molecule has 0 unspecified atom stereocenters.